The zero-order valence-electron chi connectivity index (χ0n) is 6.20. The summed E-state index contributed by atoms with van der Waals surface area (Å²) >= 11 is 0. The fourth-order valence-electron chi connectivity index (χ4n) is 0. The van der Waals surface area contributed by atoms with Gasteiger partial charge in [-0.25, -0.2) is 8.42 Å². The van der Waals surface area contributed by atoms with E-state index >= 15 is 0 Å². The third kappa shape index (κ3) is 65.8. The van der Waals surface area contributed by atoms with E-state index in [9.17, 15) is 13.0 Å². The van der Waals surface area contributed by atoms with Gasteiger partial charge in [0.25, 0.3) is 5.97 Å². The van der Waals surface area contributed by atoms with Crippen molar-refractivity contribution in [3.8, 4) is 0 Å². The van der Waals surface area contributed by atoms with Crippen LogP contribution in [0.15, 0.2) is 0 Å². The van der Waals surface area contributed by atoms with E-state index in [4.69, 9.17) is 9.90 Å². The molecule has 0 aromatic rings. The van der Waals surface area contributed by atoms with Crippen molar-refractivity contribution >= 4 is 16.1 Å². The summed E-state index contributed by atoms with van der Waals surface area (Å²) in [4.78, 5) is 9.00. The van der Waals surface area contributed by atoms with Crippen LogP contribution in [0.1, 0.15) is 13.8 Å². The number of carboxylic acids is 1. The van der Waals surface area contributed by atoms with Crippen LogP contribution in [0.4, 0.5) is 0 Å². The third-order valence-electron chi connectivity index (χ3n) is 0.354. The van der Waals surface area contributed by atoms with Crippen molar-refractivity contribution in [2.45, 2.75) is 13.8 Å². The first kappa shape index (κ1) is 17.4. The molecule has 0 aliphatic heterocycles. The Morgan fingerprint density at radius 2 is 1.64 bits per heavy atom. The van der Waals surface area contributed by atoms with Gasteiger partial charge in [-0.1, -0.05) is 6.92 Å². The second-order valence-corrected chi connectivity index (χ2v) is 3.06. The summed E-state index contributed by atoms with van der Waals surface area (Å²) in [6, 6.07) is 0. The summed E-state index contributed by atoms with van der Waals surface area (Å²) in [6.07, 6.45) is 0. The minimum absolute atomic E-state index is 0. The molecule has 0 rings (SSSR count). The van der Waals surface area contributed by atoms with Gasteiger partial charge < -0.3 is 9.66 Å². The maximum atomic E-state index is 9.44. The molecule has 1 N–H and O–H groups in total. The van der Waals surface area contributed by atoms with Crippen LogP contribution in [0.3, 0.4) is 0 Å². The Bertz CT molecular complexity index is 181. The summed E-state index contributed by atoms with van der Waals surface area (Å²) in [5.41, 5.74) is 0. The van der Waals surface area contributed by atoms with Crippen LogP contribution in [0.5, 0.6) is 0 Å². The molecule has 0 aliphatic rings. The van der Waals surface area contributed by atoms with Gasteiger partial charge in [0.15, 0.2) is 0 Å². The van der Waals surface area contributed by atoms with Crippen molar-refractivity contribution < 1.29 is 49.1 Å². The fourth-order valence-corrected chi connectivity index (χ4v) is 0. The molecule has 0 saturated carbocycles. The van der Waals surface area contributed by atoms with Crippen LogP contribution in [0.2, 0.25) is 0 Å². The van der Waals surface area contributed by atoms with Gasteiger partial charge in [0.1, 0.15) is 0 Å². The maximum Gasteiger partial charge on any atom is 0.300 e. The first-order valence-corrected chi connectivity index (χ1v) is 4.00. The first-order chi connectivity index (χ1) is 4.29. The van der Waals surface area contributed by atoms with Crippen molar-refractivity contribution in [1.82, 2.24) is 0 Å². The fraction of sp³-hybridized carbons (Fsp3) is 0.750. The van der Waals surface area contributed by atoms with Gasteiger partial charge in [-0.15, -0.1) is 0 Å². The zero-order chi connectivity index (χ0) is 8.78. The SMILES string of the molecule is CC(=O)O.CCS(=O)(=O)[O-].[Zr]. The molecular formula is C4H9O5SZr-. The first-order valence-electron chi connectivity index (χ1n) is 2.42. The Kier molecular flexibility index (Phi) is 13.2. The summed E-state index contributed by atoms with van der Waals surface area (Å²) in [7, 11) is -3.91. The van der Waals surface area contributed by atoms with Crippen LogP contribution in [0.25, 0.3) is 0 Å². The molecule has 0 amide bonds. The Balaban J connectivity index is -0.000000114. The van der Waals surface area contributed by atoms with Gasteiger partial charge in [-0.3, -0.25) is 4.79 Å². The van der Waals surface area contributed by atoms with Crippen LogP contribution >= 0.6 is 0 Å². The molecule has 0 aliphatic carbocycles. The number of hydrogen-bond donors (Lipinski definition) is 1. The average molecular weight is 260 g/mol. The number of rotatable bonds is 1. The second kappa shape index (κ2) is 8.36. The van der Waals surface area contributed by atoms with Crippen LogP contribution in [-0.2, 0) is 41.1 Å². The summed E-state index contributed by atoms with van der Waals surface area (Å²) < 4.78 is 28.3. The molecule has 0 heterocycles. The van der Waals surface area contributed by atoms with Crippen molar-refractivity contribution in [1.29, 1.82) is 0 Å². The second-order valence-electron chi connectivity index (χ2n) is 1.37. The predicted octanol–water partition coefficient (Wildman–Crippen LogP) is -0.360. The maximum absolute atomic E-state index is 9.44. The largest absolute Gasteiger partial charge is 0.748 e. The summed E-state index contributed by atoms with van der Waals surface area (Å²) in [5.74, 6) is -1.15. The Morgan fingerprint density at radius 3 is 1.64 bits per heavy atom. The third-order valence-corrected chi connectivity index (χ3v) is 1.06. The molecule has 66 valence electrons. The molecule has 0 aromatic carbocycles. The Morgan fingerprint density at radius 1 is 1.55 bits per heavy atom. The van der Waals surface area contributed by atoms with E-state index in [-0.39, 0.29) is 32.0 Å². The molecule has 0 fully saturated rings. The Labute approximate surface area is 84.7 Å². The molecule has 0 radical (unpaired) electrons. The zero-order valence-corrected chi connectivity index (χ0v) is 9.47. The van der Waals surface area contributed by atoms with Crippen molar-refractivity contribution in [3.63, 3.8) is 0 Å². The summed E-state index contributed by atoms with van der Waals surface area (Å²) in [5, 5.41) is 7.42. The van der Waals surface area contributed by atoms with Gasteiger partial charge >= 0.3 is 0 Å². The molecular weight excluding hydrogens is 251 g/mol. The van der Waals surface area contributed by atoms with E-state index in [2.05, 4.69) is 0 Å². The van der Waals surface area contributed by atoms with Crippen LogP contribution in [-0.4, -0.2) is 29.8 Å². The molecule has 11 heavy (non-hydrogen) atoms. The smallest absolute Gasteiger partial charge is 0.300 e. The van der Waals surface area contributed by atoms with E-state index < -0.39 is 16.1 Å². The molecule has 0 saturated heterocycles. The summed E-state index contributed by atoms with van der Waals surface area (Å²) in [6.45, 7) is 2.39. The molecule has 0 bridgehead atoms. The van der Waals surface area contributed by atoms with Gasteiger partial charge in [0, 0.05) is 38.9 Å². The van der Waals surface area contributed by atoms with Gasteiger partial charge in [0.2, 0.25) is 0 Å². The molecule has 5 nitrogen and oxygen atoms in total. The average Bonchev–Trinajstić information content (AvgIpc) is 1.63. The predicted molar refractivity (Wildman–Crippen MR) is 33.5 cm³/mol. The number of carboxylic acid groups (broad SMARTS) is 1. The van der Waals surface area contributed by atoms with Crippen LogP contribution in [0, 0.1) is 0 Å². The molecule has 0 atom stereocenters. The number of hydrogen-bond acceptors (Lipinski definition) is 4. The molecule has 0 spiro atoms. The van der Waals surface area contributed by atoms with E-state index in [1.54, 1.807) is 0 Å². The van der Waals surface area contributed by atoms with Crippen molar-refractivity contribution in [2.24, 2.45) is 0 Å². The van der Waals surface area contributed by atoms with Gasteiger partial charge in [-0.2, -0.15) is 0 Å². The minimum atomic E-state index is -3.91. The van der Waals surface area contributed by atoms with E-state index in [0.717, 1.165) is 6.92 Å². The number of aliphatic carboxylic acids is 1. The monoisotopic (exact) mass is 259 g/mol. The quantitative estimate of drug-likeness (QED) is 0.650. The standard InChI is InChI=1S/C2H6O3S.C2H4O2.Zr/c1-2-6(3,4)5;1-2(3)4;/h2H2,1H3,(H,3,4,5);1H3,(H,3,4);/p-1. The number of carbonyl (C=O) groups is 1. The van der Waals surface area contributed by atoms with Crippen molar-refractivity contribution in [3.05, 3.63) is 0 Å². The molecule has 7 heteroatoms. The van der Waals surface area contributed by atoms with Crippen LogP contribution < -0.4 is 0 Å². The van der Waals surface area contributed by atoms with Gasteiger partial charge in [0.05, 0.1) is 10.1 Å². The van der Waals surface area contributed by atoms with Gasteiger partial charge in [-0.05, 0) is 0 Å². The minimum Gasteiger partial charge on any atom is -0.748 e. The molecule has 0 aromatic heterocycles. The molecule has 0 unspecified atom stereocenters. The van der Waals surface area contributed by atoms with E-state index in [0.29, 0.717) is 0 Å². The topological polar surface area (TPSA) is 94.5 Å². The van der Waals surface area contributed by atoms with E-state index in [1.807, 2.05) is 0 Å². The van der Waals surface area contributed by atoms with Crippen molar-refractivity contribution in [2.75, 3.05) is 5.75 Å². The normalized spacial score (nSPS) is 8.64. The van der Waals surface area contributed by atoms with E-state index in [1.165, 1.54) is 6.92 Å². The Hall–Kier alpha value is 0.263.